The second-order valence-corrected chi connectivity index (χ2v) is 6.69. The second kappa shape index (κ2) is 8.47. The summed E-state index contributed by atoms with van der Waals surface area (Å²) in [5, 5.41) is 8.81. The van der Waals surface area contributed by atoms with Gasteiger partial charge in [0.1, 0.15) is 5.75 Å². The van der Waals surface area contributed by atoms with E-state index in [-0.39, 0.29) is 6.10 Å². The van der Waals surface area contributed by atoms with E-state index in [1.54, 1.807) is 26.7 Å². The summed E-state index contributed by atoms with van der Waals surface area (Å²) in [6.07, 6.45) is 6.03. The zero-order valence-corrected chi connectivity index (χ0v) is 16.0. The van der Waals surface area contributed by atoms with Crippen LogP contribution in [0, 0.1) is 5.92 Å². The van der Waals surface area contributed by atoms with Crippen LogP contribution < -0.4 is 4.74 Å². The molecule has 26 heavy (non-hydrogen) atoms. The van der Waals surface area contributed by atoms with E-state index in [0.717, 1.165) is 41.7 Å². The molecule has 0 fully saturated rings. The molecule has 2 heterocycles. The minimum absolute atomic E-state index is 0.0389. The van der Waals surface area contributed by atoms with Gasteiger partial charge in [-0.1, -0.05) is 31.0 Å². The number of aromatic nitrogens is 4. The number of halogens is 1. The summed E-state index contributed by atoms with van der Waals surface area (Å²) < 4.78 is 11.1. The van der Waals surface area contributed by atoms with Crippen LogP contribution in [0.2, 0.25) is 5.02 Å². The van der Waals surface area contributed by atoms with Gasteiger partial charge in [-0.05, 0) is 30.0 Å². The molecule has 7 heteroatoms. The third-order valence-electron chi connectivity index (χ3n) is 4.82. The van der Waals surface area contributed by atoms with Crippen molar-refractivity contribution in [3.8, 4) is 5.75 Å². The second-order valence-electron chi connectivity index (χ2n) is 6.28. The van der Waals surface area contributed by atoms with Crippen LogP contribution in [0.1, 0.15) is 24.5 Å². The van der Waals surface area contributed by atoms with E-state index >= 15 is 0 Å². The zero-order valence-electron chi connectivity index (χ0n) is 15.2. The third kappa shape index (κ3) is 3.97. The predicted molar refractivity (Wildman–Crippen MR) is 102 cm³/mol. The van der Waals surface area contributed by atoms with Gasteiger partial charge >= 0.3 is 0 Å². The summed E-state index contributed by atoms with van der Waals surface area (Å²) >= 11 is 6.41. The molecule has 1 aromatic carbocycles. The largest absolute Gasteiger partial charge is 0.497 e. The van der Waals surface area contributed by atoms with Crippen LogP contribution in [-0.2, 0) is 17.6 Å². The molecule has 0 saturated heterocycles. The van der Waals surface area contributed by atoms with Gasteiger partial charge in [-0.2, -0.15) is 5.10 Å². The molecule has 1 N–H and O–H groups in total. The molecular formula is C19H23ClN4O2. The molecule has 0 bridgehead atoms. The summed E-state index contributed by atoms with van der Waals surface area (Å²) in [7, 11) is 3.39. The highest BCUT2D eigenvalue weighted by Gasteiger charge is 2.23. The topological polar surface area (TPSA) is 72.9 Å². The number of methoxy groups -OCH3 is 2. The van der Waals surface area contributed by atoms with Crippen molar-refractivity contribution in [1.82, 2.24) is 20.2 Å². The molecule has 2 atom stereocenters. The summed E-state index contributed by atoms with van der Waals surface area (Å²) in [5.41, 5.74) is 3.74. The molecule has 3 aromatic rings. The van der Waals surface area contributed by atoms with Crippen molar-refractivity contribution in [3.63, 3.8) is 0 Å². The summed E-state index contributed by atoms with van der Waals surface area (Å²) in [6.45, 7) is 2.17. The van der Waals surface area contributed by atoms with Crippen LogP contribution in [0.5, 0.6) is 5.75 Å². The molecule has 0 spiro atoms. The summed E-state index contributed by atoms with van der Waals surface area (Å²) in [6, 6.07) is 5.77. The maximum atomic E-state index is 6.41. The molecule has 0 aliphatic heterocycles. The molecule has 0 radical (unpaired) electrons. The Morgan fingerprint density at radius 3 is 2.73 bits per heavy atom. The summed E-state index contributed by atoms with van der Waals surface area (Å²) in [4.78, 5) is 7.34. The van der Waals surface area contributed by atoms with Crippen LogP contribution in [0.4, 0.5) is 0 Å². The molecule has 0 amide bonds. The Kier molecular flexibility index (Phi) is 6.06. The number of hydrogen-bond donors (Lipinski definition) is 1. The Balaban J connectivity index is 1.80. The lowest BCUT2D eigenvalue weighted by Gasteiger charge is -2.26. The van der Waals surface area contributed by atoms with Crippen LogP contribution in [0.3, 0.4) is 0 Å². The molecule has 138 valence electrons. The Labute approximate surface area is 157 Å². The van der Waals surface area contributed by atoms with Crippen molar-refractivity contribution in [2.75, 3.05) is 14.2 Å². The zero-order chi connectivity index (χ0) is 18.5. The van der Waals surface area contributed by atoms with Gasteiger partial charge < -0.3 is 14.5 Å². The first-order valence-corrected chi connectivity index (χ1v) is 9.02. The van der Waals surface area contributed by atoms with Gasteiger partial charge in [0, 0.05) is 24.1 Å². The Morgan fingerprint density at radius 2 is 2.04 bits per heavy atom. The van der Waals surface area contributed by atoms with Gasteiger partial charge in [-0.25, -0.2) is 4.98 Å². The standard InChI is InChI=1S/C19H23ClN4O2/c1-4-12(7-14-10-23-24-19-18(14)21-11-22-19)17(26-3)8-13-5-6-15(25-2)9-16(13)20/h5-6,9-12,17H,4,7-8H2,1-3H3,(H,21,22,24). The fourth-order valence-electron chi connectivity index (χ4n) is 3.27. The average Bonchev–Trinajstić information content (AvgIpc) is 3.15. The van der Waals surface area contributed by atoms with E-state index in [0.29, 0.717) is 16.6 Å². The Bertz CT molecular complexity index is 868. The quantitative estimate of drug-likeness (QED) is 0.648. The molecule has 3 rings (SSSR count). The van der Waals surface area contributed by atoms with Crippen LogP contribution >= 0.6 is 11.6 Å². The first-order chi connectivity index (χ1) is 12.7. The predicted octanol–water partition coefficient (Wildman–Crippen LogP) is 3.84. The summed E-state index contributed by atoms with van der Waals surface area (Å²) in [5.74, 6) is 1.07. The van der Waals surface area contributed by atoms with Gasteiger partial charge in [0.15, 0.2) is 5.65 Å². The maximum Gasteiger partial charge on any atom is 0.199 e. The van der Waals surface area contributed by atoms with E-state index in [9.17, 15) is 0 Å². The van der Waals surface area contributed by atoms with Crippen molar-refractivity contribution < 1.29 is 9.47 Å². The number of H-pyrrole nitrogens is 1. The molecule has 0 aliphatic rings. The van der Waals surface area contributed by atoms with Gasteiger partial charge in [-0.3, -0.25) is 0 Å². The number of ether oxygens (including phenoxy) is 2. The lowest BCUT2D eigenvalue weighted by molar-refractivity contribution is 0.0506. The van der Waals surface area contributed by atoms with Gasteiger partial charge in [0.2, 0.25) is 0 Å². The number of nitrogens with one attached hydrogen (secondary N) is 1. The van der Waals surface area contributed by atoms with Gasteiger partial charge in [0.25, 0.3) is 0 Å². The Morgan fingerprint density at radius 1 is 1.19 bits per heavy atom. The van der Waals surface area contributed by atoms with Gasteiger partial charge in [-0.15, -0.1) is 5.10 Å². The SMILES string of the molecule is CCC(Cc1cnnc2nc[nH]c12)C(Cc1ccc(OC)cc1Cl)OC. The highest BCUT2D eigenvalue weighted by molar-refractivity contribution is 6.31. The molecule has 6 nitrogen and oxygen atoms in total. The molecular weight excluding hydrogens is 352 g/mol. The number of nitrogens with zero attached hydrogens (tertiary/aromatic N) is 3. The number of aromatic amines is 1. The number of rotatable bonds is 8. The molecule has 2 aromatic heterocycles. The van der Waals surface area contributed by atoms with Crippen molar-refractivity contribution in [2.45, 2.75) is 32.3 Å². The van der Waals surface area contributed by atoms with E-state index in [1.807, 2.05) is 18.2 Å². The minimum atomic E-state index is 0.0389. The average molecular weight is 375 g/mol. The van der Waals surface area contributed by atoms with Gasteiger partial charge in [0.05, 0.1) is 31.3 Å². The normalized spacial score (nSPS) is 13.7. The highest BCUT2D eigenvalue weighted by Crippen LogP contribution is 2.28. The fourth-order valence-corrected chi connectivity index (χ4v) is 3.52. The van der Waals surface area contributed by atoms with E-state index in [1.165, 1.54) is 0 Å². The Hall–Kier alpha value is -2.18. The van der Waals surface area contributed by atoms with Crippen molar-refractivity contribution in [3.05, 3.63) is 46.9 Å². The lowest BCUT2D eigenvalue weighted by Crippen LogP contribution is -2.27. The van der Waals surface area contributed by atoms with E-state index in [4.69, 9.17) is 21.1 Å². The lowest BCUT2D eigenvalue weighted by atomic mass is 9.88. The van der Waals surface area contributed by atoms with E-state index in [2.05, 4.69) is 27.1 Å². The molecule has 0 aliphatic carbocycles. The third-order valence-corrected chi connectivity index (χ3v) is 5.17. The van der Waals surface area contributed by atoms with Crippen LogP contribution in [-0.4, -0.2) is 40.5 Å². The maximum absolute atomic E-state index is 6.41. The van der Waals surface area contributed by atoms with E-state index < -0.39 is 0 Å². The monoisotopic (exact) mass is 374 g/mol. The molecule has 0 saturated carbocycles. The van der Waals surface area contributed by atoms with Crippen LogP contribution in [0.25, 0.3) is 11.2 Å². The number of hydrogen-bond acceptors (Lipinski definition) is 5. The minimum Gasteiger partial charge on any atom is -0.497 e. The fraction of sp³-hybridized carbons (Fsp3) is 0.421. The smallest absolute Gasteiger partial charge is 0.199 e. The van der Waals surface area contributed by atoms with Crippen molar-refractivity contribution >= 4 is 22.8 Å². The van der Waals surface area contributed by atoms with Crippen molar-refractivity contribution in [1.29, 1.82) is 0 Å². The first kappa shape index (κ1) is 18.6. The number of benzene rings is 1. The number of imidazole rings is 1. The highest BCUT2D eigenvalue weighted by atomic mass is 35.5. The number of fused-ring (bicyclic) bond motifs is 1. The first-order valence-electron chi connectivity index (χ1n) is 8.65. The van der Waals surface area contributed by atoms with Crippen LogP contribution in [0.15, 0.2) is 30.7 Å². The molecule has 2 unspecified atom stereocenters. The van der Waals surface area contributed by atoms with Crippen molar-refractivity contribution in [2.24, 2.45) is 5.92 Å².